The summed E-state index contributed by atoms with van der Waals surface area (Å²) in [6.45, 7) is 8.98. The van der Waals surface area contributed by atoms with E-state index in [9.17, 15) is 14.4 Å². The number of carbonyl (C=O) groups excluding carboxylic acids is 3. The summed E-state index contributed by atoms with van der Waals surface area (Å²) in [6.07, 6.45) is 43.8. The zero-order chi connectivity index (χ0) is 40.3. The minimum Gasteiger partial charge on any atom is -0.462 e. The zero-order valence-electron chi connectivity index (χ0n) is 37.4. The number of hydrogen-bond acceptors (Lipinski definition) is 6. The molecule has 0 aliphatic carbocycles. The summed E-state index contributed by atoms with van der Waals surface area (Å²) in [5, 5.41) is 0. The van der Waals surface area contributed by atoms with E-state index in [1.165, 1.54) is 167 Å². The summed E-state index contributed by atoms with van der Waals surface area (Å²) in [5.41, 5.74) is 0. The van der Waals surface area contributed by atoms with E-state index in [0.717, 1.165) is 63.7 Å². The van der Waals surface area contributed by atoms with Crippen molar-refractivity contribution >= 4 is 17.9 Å². The molecule has 0 saturated heterocycles. The van der Waals surface area contributed by atoms with Gasteiger partial charge in [0.05, 0.1) is 0 Å². The van der Waals surface area contributed by atoms with Crippen molar-refractivity contribution in [2.45, 2.75) is 278 Å². The number of ether oxygens (including phenoxy) is 3. The molecule has 0 aliphatic rings. The van der Waals surface area contributed by atoms with Crippen molar-refractivity contribution < 1.29 is 28.6 Å². The molecule has 0 rings (SSSR count). The Hall–Kier alpha value is -1.59. The number of unbranched alkanes of at least 4 members (excludes halogenated alkanes) is 31. The van der Waals surface area contributed by atoms with E-state index < -0.39 is 6.10 Å². The maximum atomic E-state index is 12.6. The molecular formula is C49H94O6. The van der Waals surface area contributed by atoms with Crippen LogP contribution in [0.25, 0.3) is 0 Å². The van der Waals surface area contributed by atoms with Crippen LogP contribution < -0.4 is 0 Å². The first-order valence-corrected chi connectivity index (χ1v) is 24.4. The predicted octanol–water partition coefficient (Wildman–Crippen LogP) is 15.5. The molecule has 55 heavy (non-hydrogen) atoms. The Morgan fingerprint density at radius 2 is 0.600 bits per heavy atom. The first-order chi connectivity index (χ1) is 26.9. The molecule has 1 atom stereocenters. The Morgan fingerprint density at radius 1 is 0.345 bits per heavy atom. The van der Waals surface area contributed by atoms with Crippen molar-refractivity contribution in [3.8, 4) is 0 Å². The number of carbonyl (C=O) groups is 3. The van der Waals surface area contributed by atoms with Gasteiger partial charge in [-0.25, -0.2) is 0 Å². The Labute approximate surface area is 342 Å². The van der Waals surface area contributed by atoms with Crippen molar-refractivity contribution in [3.63, 3.8) is 0 Å². The first-order valence-electron chi connectivity index (χ1n) is 24.4. The van der Waals surface area contributed by atoms with Crippen LogP contribution in [0, 0.1) is 5.92 Å². The standard InChI is InChI=1S/C49H94O6/c1-5-7-9-11-13-14-15-16-17-18-22-25-29-32-36-40-47(50)53-43-46(55-49(52)42-38-34-27-12-10-8-6-2)44-54-48(51)41-37-33-30-26-23-20-19-21-24-28-31-35-39-45(3)4/h45-46H,5-44H2,1-4H3/t46-/m0/s1. The molecule has 0 aromatic rings. The van der Waals surface area contributed by atoms with Crippen LogP contribution in [0.15, 0.2) is 0 Å². The fraction of sp³-hybridized carbons (Fsp3) is 0.939. The fourth-order valence-electron chi connectivity index (χ4n) is 7.33. The minimum atomic E-state index is -0.758. The molecule has 0 heterocycles. The predicted molar refractivity (Wildman–Crippen MR) is 233 cm³/mol. The second-order valence-electron chi connectivity index (χ2n) is 17.2. The molecule has 0 bridgehead atoms. The second kappa shape index (κ2) is 43.5. The average molecular weight is 779 g/mol. The van der Waals surface area contributed by atoms with E-state index >= 15 is 0 Å². The topological polar surface area (TPSA) is 78.9 Å². The van der Waals surface area contributed by atoms with Gasteiger partial charge in [-0.15, -0.1) is 0 Å². The van der Waals surface area contributed by atoms with Gasteiger partial charge in [-0.1, -0.05) is 233 Å². The SMILES string of the molecule is CCCCCCCCCCCCCCCCCC(=O)OC[C@@H](COC(=O)CCCCCCCCCCCCCCC(C)C)OC(=O)CCCCCCCCC. The van der Waals surface area contributed by atoms with Gasteiger partial charge >= 0.3 is 17.9 Å². The van der Waals surface area contributed by atoms with Gasteiger partial charge in [-0.05, 0) is 25.2 Å². The largest absolute Gasteiger partial charge is 0.462 e. The van der Waals surface area contributed by atoms with Crippen molar-refractivity contribution in [3.05, 3.63) is 0 Å². The molecule has 0 spiro atoms. The lowest BCUT2D eigenvalue weighted by atomic mass is 10.0. The Bertz CT molecular complexity index is 826. The van der Waals surface area contributed by atoms with Gasteiger partial charge in [-0.2, -0.15) is 0 Å². The molecular weight excluding hydrogens is 685 g/mol. The van der Waals surface area contributed by atoms with Crippen LogP contribution in [0.5, 0.6) is 0 Å². The Kier molecular flexibility index (Phi) is 42.3. The van der Waals surface area contributed by atoms with Gasteiger partial charge < -0.3 is 14.2 Å². The fourth-order valence-corrected chi connectivity index (χ4v) is 7.33. The van der Waals surface area contributed by atoms with E-state index in [2.05, 4.69) is 27.7 Å². The molecule has 0 aromatic carbocycles. The van der Waals surface area contributed by atoms with Crippen LogP contribution in [0.3, 0.4) is 0 Å². The molecule has 6 nitrogen and oxygen atoms in total. The van der Waals surface area contributed by atoms with Gasteiger partial charge in [0, 0.05) is 19.3 Å². The van der Waals surface area contributed by atoms with Crippen LogP contribution >= 0.6 is 0 Å². The summed E-state index contributed by atoms with van der Waals surface area (Å²) >= 11 is 0. The van der Waals surface area contributed by atoms with Gasteiger partial charge in [0.25, 0.3) is 0 Å². The maximum absolute atomic E-state index is 12.6. The highest BCUT2D eigenvalue weighted by Crippen LogP contribution is 2.17. The summed E-state index contributed by atoms with van der Waals surface area (Å²) in [4.78, 5) is 37.7. The Balaban J connectivity index is 4.19. The zero-order valence-corrected chi connectivity index (χ0v) is 37.4. The smallest absolute Gasteiger partial charge is 0.306 e. The van der Waals surface area contributed by atoms with E-state index in [1.807, 2.05) is 0 Å². The van der Waals surface area contributed by atoms with Gasteiger partial charge in [0.15, 0.2) is 6.10 Å². The molecule has 0 N–H and O–H groups in total. The lowest BCUT2D eigenvalue weighted by Crippen LogP contribution is -2.30. The summed E-state index contributed by atoms with van der Waals surface area (Å²) < 4.78 is 16.7. The van der Waals surface area contributed by atoms with Gasteiger partial charge in [0.1, 0.15) is 13.2 Å². The van der Waals surface area contributed by atoms with Crippen LogP contribution in [0.1, 0.15) is 272 Å². The molecule has 0 aliphatic heterocycles. The minimum absolute atomic E-state index is 0.0637. The van der Waals surface area contributed by atoms with Crippen LogP contribution in [-0.2, 0) is 28.6 Å². The number of hydrogen-bond donors (Lipinski definition) is 0. The highest BCUT2D eigenvalue weighted by atomic mass is 16.6. The second-order valence-corrected chi connectivity index (χ2v) is 17.2. The lowest BCUT2D eigenvalue weighted by Gasteiger charge is -2.18. The molecule has 0 amide bonds. The maximum Gasteiger partial charge on any atom is 0.306 e. The van der Waals surface area contributed by atoms with Crippen molar-refractivity contribution in [2.75, 3.05) is 13.2 Å². The van der Waals surface area contributed by atoms with E-state index in [1.54, 1.807) is 0 Å². The third-order valence-electron chi connectivity index (χ3n) is 11.0. The summed E-state index contributed by atoms with van der Waals surface area (Å²) in [5.74, 6) is -0.0216. The van der Waals surface area contributed by atoms with Gasteiger partial charge in [-0.3, -0.25) is 14.4 Å². The highest BCUT2D eigenvalue weighted by molar-refractivity contribution is 5.71. The van der Waals surface area contributed by atoms with E-state index in [-0.39, 0.29) is 31.1 Å². The normalized spacial score (nSPS) is 11.9. The molecule has 0 unspecified atom stereocenters. The van der Waals surface area contributed by atoms with Crippen LogP contribution in [0.2, 0.25) is 0 Å². The molecule has 6 heteroatoms. The average Bonchev–Trinajstić information content (AvgIpc) is 3.17. The first kappa shape index (κ1) is 53.4. The third-order valence-corrected chi connectivity index (χ3v) is 11.0. The molecule has 0 saturated carbocycles. The van der Waals surface area contributed by atoms with Crippen molar-refractivity contribution in [1.82, 2.24) is 0 Å². The van der Waals surface area contributed by atoms with E-state index in [0.29, 0.717) is 19.3 Å². The summed E-state index contributed by atoms with van der Waals surface area (Å²) in [6, 6.07) is 0. The van der Waals surface area contributed by atoms with Crippen LogP contribution in [0.4, 0.5) is 0 Å². The summed E-state index contributed by atoms with van der Waals surface area (Å²) in [7, 11) is 0. The molecule has 0 aromatic heterocycles. The number of esters is 3. The third kappa shape index (κ3) is 43.4. The quantitative estimate of drug-likeness (QED) is 0.0348. The monoisotopic (exact) mass is 779 g/mol. The number of rotatable bonds is 44. The van der Waals surface area contributed by atoms with Gasteiger partial charge in [0.2, 0.25) is 0 Å². The van der Waals surface area contributed by atoms with E-state index in [4.69, 9.17) is 14.2 Å². The molecule has 326 valence electrons. The lowest BCUT2D eigenvalue weighted by molar-refractivity contribution is -0.167. The van der Waals surface area contributed by atoms with Crippen molar-refractivity contribution in [2.24, 2.45) is 5.92 Å². The van der Waals surface area contributed by atoms with Crippen LogP contribution in [-0.4, -0.2) is 37.2 Å². The molecule has 0 fully saturated rings. The molecule has 0 radical (unpaired) electrons. The highest BCUT2D eigenvalue weighted by Gasteiger charge is 2.19. The van der Waals surface area contributed by atoms with Crippen molar-refractivity contribution in [1.29, 1.82) is 0 Å². The Morgan fingerprint density at radius 3 is 0.891 bits per heavy atom.